The van der Waals surface area contributed by atoms with Crippen molar-refractivity contribution in [2.45, 2.75) is 6.42 Å². The number of H-pyrrole nitrogens is 1. The van der Waals surface area contributed by atoms with Crippen LogP contribution in [0.3, 0.4) is 0 Å². The Labute approximate surface area is 180 Å². The smallest absolute Gasteiger partial charge is 0.258 e. The van der Waals surface area contributed by atoms with Gasteiger partial charge in [-0.3, -0.25) is 4.79 Å². The Kier molecular flexibility index (Phi) is 4.84. The summed E-state index contributed by atoms with van der Waals surface area (Å²) in [5.41, 5.74) is 4.04. The van der Waals surface area contributed by atoms with Crippen LogP contribution in [0.15, 0.2) is 53.6 Å². The first-order chi connectivity index (χ1) is 15.0. The maximum absolute atomic E-state index is 13.1. The largest absolute Gasteiger partial charge is 0.350 e. The second-order valence-electron chi connectivity index (χ2n) is 7.47. The summed E-state index contributed by atoms with van der Waals surface area (Å²) < 4.78 is 24.3. The summed E-state index contributed by atoms with van der Waals surface area (Å²) in [5.74, 6) is 0.808. The van der Waals surface area contributed by atoms with Crippen LogP contribution in [-0.4, -0.2) is 38.5 Å². The van der Waals surface area contributed by atoms with E-state index >= 15 is 0 Å². The molecule has 0 atom stereocenters. The predicted molar refractivity (Wildman–Crippen MR) is 123 cm³/mol. The highest BCUT2D eigenvalue weighted by molar-refractivity contribution is 7.70. The molecule has 0 amide bonds. The van der Waals surface area contributed by atoms with Crippen molar-refractivity contribution < 1.29 is 8.42 Å². The zero-order valence-electron chi connectivity index (χ0n) is 16.8. The van der Waals surface area contributed by atoms with E-state index in [-0.39, 0.29) is 5.56 Å². The quantitative estimate of drug-likeness (QED) is 0.503. The van der Waals surface area contributed by atoms with Crippen LogP contribution in [0.5, 0.6) is 0 Å². The standard InChI is InChI=1S/C22H21N5O3S/c1-26-12-8-14(7-11-24-31(29)30)15-5-6-17-19-16(25-22(28)20(19)21(15)26)9-13-27(17)18-4-2-3-10-23-18/h2-6,8-10,12,31H,7,11,13H2,1H3,(H,25,28)(H,24,29,30). The summed E-state index contributed by atoms with van der Waals surface area (Å²) >= 11 is 0. The van der Waals surface area contributed by atoms with E-state index in [1.54, 1.807) is 6.20 Å². The van der Waals surface area contributed by atoms with Gasteiger partial charge in [-0.1, -0.05) is 12.1 Å². The number of thiol groups is 1. The first kappa shape index (κ1) is 19.5. The molecule has 5 rings (SSSR count). The van der Waals surface area contributed by atoms with Crippen LogP contribution in [-0.2, 0) is 10.9 Å². The molecule has 3 aliphatic heterocycles. The monoisotopic (exact) mass is 435 g/mol. The van der Waals surface area contributed by atoms with Crippen LogP contribution in [0.1, 0.15) is 6.42 Å². The number of anilines is 3. The Balaban J connectivity index is 1.77. The number of hydrogen-bond donors (Lipinski definition) is 3. The molecule has 0 aromatic carbocycles. The fourth-order valence-corrected chi connectivity index (χ4v) is 4.62. The van der Waals surface area contributed by atoms with Crippen LogP contribution < -0.4 is 30.6 Å². The maximum atomic E-state index is 13.1. The summed E-state index contributed by atoms with van der Waals surface area (Å²) in [4.78, 5) is 24.6. The van der Waals surface area contributed by atoms with E-state index in [1.807, 2.05) is 60.6 Å². The summed E-state index contributed by atoms with van der Waals surface area (Å²) in [6.07, 6.45) is 8.16. The van der Waals surface area contributed by atoms with Crippen molar-refractivity contribution in [3.05, 3.63) is 69.7 Å². The average molecular weight is 436 g/mol. The second-order valence-corrected chi connectivity index (χ2v) is 8.30. The van der Waals surface area contributed by atoms with Gasteiger partial charge in [0, 0.05) is 48.7 Å². The molecule has 31 heavy (non-hydrogen) atoms. The molecule has 1 aromatic rings. The third-order valence-electron chi connectivity index (χ3n) is 5.68. The number of allylic oxidation sites excluding steroid dienone is 1. The van der Waals surface area contributed by atoms with Crippen molar-refractivity contribution in [3.63, 3.8) is 0 Å². The molecule has 1 aliphatic carbocycles. The maximum Gasteiger partial charge on any atom is 0.258 e. The molecule has 9 heteroatoms. The van der Waals surface area contributed by atoms with Crippen molar-refractivity contribution in [1.82, 2.24) is 14.7 Å². The van der Waals surface area contributed by atoms with Gasteiger partial charge in [0.15, 0.2) is 0 Å². The number of hydrogen-bond acceptors (Lipinski definition) is 6. The number of aromatic amines is 1. The van der Waals surface area contributed by atoms with Crippen molar-refractivity contribution in [2.24, 2.45) is 0 Å². The lowest BCUT2D eigenvalue weighted by Crippen LogP contribution is -2.26. The zero-order chi connectivity index (χ0) is 21.5. The minimum absolute atomic E-state index is 0.139. The Morgan fingerprint density at radius 1 is 1.19 bits per heavy atom. The van der Waals surface area contributed by atoms with E-state index in [2.05, 4.69) is 19.6 Å². The number of aromatic nitrogens is 2. The molecule has 0 saturated heterocycles. The van der Waals surface area contributed by atoms with Gasteiger partial charge in [0.25, 0.3) is 5.56 Å². The van der Waals surface area contributed by atoms with Gasteiger partial charge in [0.05, 0.1) is 16.9 Å². The van der Waals surface area contributed by atoms with Gasteiger partial charge < -0.3 is 14.8 Å². The highest BCUT2D eigenvalue weighted by Crippen LogP contribution is 2.37. The van der Waals surface area contributed by atoms with Crippen LogP contribution in [0.25, 0.3) is 22.8 Å². The molecule has 0 saturated carbocycles. The van der Waals surface area contributed by atoms with E-state index in [4.69, 9.17) is 0 Å². The Hall–Kier alpha value is -3.43. The minimum atomic E-state index is -2.65. The molecular weight excluding hydrogens is 414 g/mol. The molecule has 158 valence electrons. The Bertz CT molecular complexity index is 1420. The van der Waals surface area contributed by atoms with Crippen LogP contribution in [0.2, 0.25) is 0 Å². The first-order valence-electron chi connectivity index (χ1n) is 9.94. The highest BCUT2D eigenvalue weighted by atomic mass is 32.2. The third-order valence-corrected chi connectivity index (χ3v) is 6.16. The number of rotatable bonds is 5. The third kappa shape index (κ3) is 3.31. The van der Waals surface area contributed by atoms with Gasteiger partial charge in [0.1, 0.15) is 5.82 Å². The first-order valence-corrected chi connectivity index (χ1v) is 11.1. The molecule has 0 spiro atoms. The van der Waals surface area contributed by atoms with Crippen LogP contribution >= 0.6 is 0 Å². The number of nitrogens with one attached hydrogen (secondary N) is 2. The predicted octanol–water partition coefficient (Wildman–Crippen LogP) is 0.427. The van der Waals surface area contributed by atoms with Gasteiger partial charge in [-0.2, -0.15) is 0 Å². The summed E-state index contributed by atoms with van der Waals surface area (Å²) in [5, 5.41) is 1.73. The highest BCUT2D eigenvalue weighted by Gasteiger charge is 2.28. The van der Waals surface area contributed by atoms with Gasteiger partial charge in [-0.05, 0) is 42.3 Å². The van der Waals surface area contributed by atoms with Gasteiger partial charge in [-0.25, -0.2) is 18.1 Å². The molecule has 1 aromatic heterocycles. The van der Waals surface area contributed by atoms with E-state index in [0.29, 0.717) is 25.1 Å². The second kappa shape index (κ2) is 7.68. The van der Waals surface area contributed by atoms with Crippen molar-refractivity contribution in [3.8, 4) is 11.1 Å². The van der Waals surface area contributed by atoms with Gasteiger partial charge in [-0.15, -0.1) is 0 Å². The van der Waals surface area contributed by atoms with Crippen LogP contribution in [0, 0.1) is 0 Å². The molecule has 0 unspecified atom stereocenters. The van der Waals surface area contributed by atoms with Crippen molar-refractivity contribution >= 4 is 39.7 Å². The lowest BCUT2D eigenvalue weighted by Gasteiger charge is -2.26. The summed E-state index contributed by atoms with van der Waals surface area (Å²) in [6.45, 7) is 0.894. The molecular formula is C22H21N5O3S. The summed E-state index contributed by atoms with van der Waals surface area (Å²) in [7, 11) is -0.734. The van der Waals surface area contributed by atoms with Crippen LogP contribution in [0.4, 0.5) is 17.2 Å². The fourth-order valence-electron chi connectivity index (χ4n) is 4.33. The molecule has 2 N–H and O–H groups in total. The Morgan fingerprint density at radius 3 is 2.84 bits per heavy atom. The number of fused-ring (bicyclic) bond motifs is 2. The number of pyridine rings is 1. The lowest BCUT2D eigenvalue weighted by atomic mass is 10.0. The van der Waals surface area contributed by atoms with Crippen molar-refractivity contribution in [1.29, 1.82) is 0 Å². The summed E-state index contributed by atoms with van der Waals surface area (Å²) in [6, 6.07) is 9.80. The molecule has 0 bridgehead atoms. The fraction of sp³-hybridized carbons (Fsp3) is 0.182. The van der Waals surface area contributed by atoms with Gasteiger partial charge >= 0.3 is 0 Å². The average Bonchev–Trinajstić information content (AvgIpc) is 2.97. The number of nitrogens with zero attached hydrogens (tertiary/aromatic N) is 3. The van der Waals surface area contributed by atoms with E-state index in [0.717, 1.165) is 38.9 Å². The van der Waals surface area contributed by atoms with E-state index < -0.39 is 10.9 Å². The molecule has 8 nitrogen and oxygen atoms in total. The molecule has 4 aliphatic rings. The SMILES string of the molecule is CN1C=CC(CCN[SH](=O)=O)=c2ccc3c4c([nH]c(=O)c-4c21)=CCN3c1ccccn1. The minimum Gasteiger partial charge on any atom is -0.350 e. The zero-order valence-corrected chi connectivity index (χ0v) is 17.7. The molecule has 4 heterocycles. The van der Waals surface area contributed by atoms with E-state index in [9.17, 15) is 13.2 Å². The van der Waals surface area contributed by atoms with E-state index in [1.165, 1.54) is 0 Å². The lowest BCUT2D eigenvalue weighted by molar-refractivity contribution is 0.602. The van der Waals surface area contributed by atoms with Gasteiger partial charge in [0.2, 0.25) is 10.9 Å². The normalized spacial score (nSPS) is 14.8. The molecule has 0 radical (unpaired) electrons. The Morgan fingerprint density at radius 2 is 2.06 bits per heavy atom. The topological polar surface area (TPSA) is 98.4 Å². The molecule has 0 fully saturated rings. The van der Waals surface area contributed by atoms with Crippen molar-refractivity contribution in [2.75, 3.05) is 29.9 Å².